The van der Waals surface area contributed by atoms with E-state index in [0.29, 0.717) is 12.8 Å². The van der Waals surface area contributed by atoms with Gasteiger partial charge in [0.2, 0.25) is 0 Å². The summed E-state index contributed by atoms with van der Waals surface area (Å²) in [5.41, 5.74) is 5.34. The monoisotopic (exact) mass is 305 g/mol. The largest absolute Gasteiger partial charge is 0.469 e. The summed E-state index contributed by atoms with van der Waals surface area (Å²) in [6.45, 7) is 6.62. The summed E-state index contributed by atoms with van der Waals surface area (Å²) in [5.74, 6) is -0.315. The molecule has 0 bridgehead atoms. The van der Waals surface area contributed by atoms with Crippen LogP contribution in [-0.2, 0) is 19.1 Å². The van der Waals surface area contributed by atoms with E-state index in [-0.39, 0.29) is 11.9 Å². The van der Waals surface area contributed by atoms with Gasteiger partial charge in [0.15, 0.2) is 0 Å². The standard InChI is InChI=1S/C8H19N.2C4H8O2/c1-2-3-4-5-6-7-8-9;2*1-3-4(5)6-2/h2-9H2,1H3;2*3H2,1-2H3. The highest BCUT2D eigenvalue weighted by Gasteiger charge is 1.88. The van der Waals surface area contributed by atoms with Gasteiger partial charge in [0.25, 0.3) is 0 Å². The van der Waals surface area contributed by atoms with E-state index in [1.165, 1.54) is 52.7 Å². The molecular weight excluding hydrogens is 270 g/mol. The minimum Gasteiger partial charge on any atom is -0.469 e. The van der Waals surface area contributed by atoms with Crippen LogP contribution in [0.2, 0.25) is 0 Å². The van der Waals surface area contributed by atoms with E-state index in [4.69, 9.17) is 5.73 Å². The Morgan fingerprint density at radius 2 is 1.14 bits per heavy atom. The topological polar surface area (TPSA) is 78.6 Å². The molecule has 0 aromatic heterocycles. The molecule has 0 amide bonds. The van der Waals surface area contributed by atoms with Gasteiger partial charge in [-0.15, -0.1) is 0 Å². The molecule has 0 aliphatic heterocycles. The zero-order valence-corrected chi connectivity index (χ0v) is 14.6. The number of ether oxygens (including phenoxy) is 2. The van der Waals surface area contributed by atoms with Crippen molar-refractivity contribution < 1.29 is 19.1 Å². The van der Waals surface area contributed by atoms with E-state index in [2.05, 4.69) is 16.4 Å². The van der Waals surface area contributed by atoms with Crippen molar-refractivity contribution in [2.24, 2.45) is 5.73 Å². The van der Waals surface area contributed by atoms with Crippen LogP contribution in [0.15, 0.2) is 0 Å². The predicted octanol–water partition coefficient (Wildman–Crippen LogP) is 3.44. The van der Waals surface area contributed by atoms with Crippen molar-refractivity contribution in [3.05, 3.63) is 0 Å². The molecule has 0 atom stereocenters. The molecule has 0 spiro atoms. The normalized spacial score (nSPS) is 8.67. The van der Waals surface area contributed by atoms with Crippen LogP contribution in [-0.4, -0.2) is 32.7 Å². The lowest BCUT2D eigenvalue weighted by molar-refractivity contribution is -0.141. The highest BCUT2D eigenvalue weighted by atomic mass is 16.5. The summed E-state index contributed by atoms with van der Waals surface area (Å²) in [6, 6.07) is 0. The van der Waals surface area contributed by atoms with E-state index >= 15 is 0 Å². The molecule has 0 aliphatic carbocycles. The fourth-order valence-corrected chi connectivity index (χ4v) is 1.21. The van der Waals surface area contributed by atoms with Crippen LogP contribution < -0.4 is 5.73 Å². The number of carbonyl (C=O) groups is 2. The molecule has 21 heavy (non-hydrogen) atoms. The number of hydrogen-bond donors (Lipinski definition) is 1. The second kappa shape index (κ2) is 24.0. The fourth-order valence-electron chi connectivity index (χ4n) is 1.21. The van der Waals surface area contributed by atoms with E-state index < -0.39 is 0 Å². The van der Waals surface area contributed by atoms with Gasteiger partial charge in [0, 0.05) is 12.8 Å². The highest BCUT2D eigenvalue weighted by molar-refractivity contribution is 5.68. The Balaban J connectivity index is -0.000000240. The lowest BCUT2D eigenvalue weighted by Crippen LogP contribution is -1.97. The molecule has 0 rings (SSSR count). The average molecular weight is 305 g/mol. The first-order valence-electron chi connectivity index (χ1n) is 7.87. The zero-order chi connectivity index (χ0) is 16.9. The van der Waals surface area contributed by atoms with Crippen LogP contribution in [0.5, 0.6) is 0 Å². The lowest BCUT2D eigenvalue weighted by Gasteiger charge is -1.96. The van der Waals surface area contributed by atoms with E-state index in [1.807, 2.05) is 0 Å². The Morgan fingerprint density at radius 3 is 1.38 bits per heavy atom. The van der Waals surface area contributed by atoms with Crippen LogP contribution in [0.25, 0.3) is 0 Å². The second-order valence-electron chi connectivity index (χ2n) is 4.42. The summed E-state index contributed by atoms with van der Waals surface area (Å²) in [5, 5.41) is 0. The smallest absolute Gasteiger partial charge is 0.305 e. The van der Waals surface area contributed by atoms with Crippen molar-refractivity contribution >= 4 is 11.9 Å². The second-order valence-corrected chi connectivity index (χ2v) is 4.42. The first kappa shape index (κ1) is 24.9. The van der Waals surface area contributed by atoms with Crippen molar-refractivity contribution in [3.8, 4) is 0 Å². The molecular formula is C16H35NO4. The molecule has 0 heterocycles. The molecule has 2 N–H and O–H groups in total. The quantitative estimate of drug-likeness (QED) is 0.549. The number of unbranched alkanes of at least 4 members (excludes halogenated alkanes) is 5. The van der Waals surface area contributed by atoms with Gasteiger partial charge in [-0.3, -0.25) is 9.59 Å². The number of nitrogens with two attached hydrogens (primary N) is 1. The van der Waals surface area contributed by atoms with Crippen molar-refractivity contribution in [3.63, 3.8) is 0 Å². The van der Waals surface area contributed by atoms with Crippen LogP contribution in [0.4, 0.5) is 0 Å². The molecule has 128 valence electrons. The number of hydrogen-bond acceptors (Lipinski definition) is 5. The Labute approximate surface area is 130 Å². The molecule has 5 nitrogen and oxygen atoms in total. The highest BCUT2D eigenvalue weighted by Crippen LogP contribution is 2.03. The molecule has 0 radical (unpaired) electrons. The maximum Gasteiger partial charge on any atom is 0.305 e. The third kappa shape index (κ3) is 32.4. The zero-order valence-electron chi connectivity index (χ0n) is 14.6. The average Bonchev–Trinajstić information content (AvgIpc) is 2.54. The van der Waals surface area contributed by atoms with Gasteiger partial charge >= 0.3 is 11.9 Å². The third-order valence-corrected chi connectivity index (χ3v) is 2.59. The van der Waals surface area contributed by atoms with Crippen LogP contribution in [0, 0.1) is 0 Å². The van der Waals surface area contributed by atoms with Gasteiger partial charge in [-0.2, -0.15) is 0 Å². The molecule has 0 saturated heterocycles. The number of rotatable bonds is 8. The van der Waals surface area contributed by atoms with Crippen molar-refractivity contribution in [2.75, 3.05) is 20.8 Å². The molecule has 5 heteroatoms. The van der Waals surface area contributed by atoms with Gasteiger partial charge in [-0.25, -0.2) is 0 Å². The third-order valence-electron chi connectivity index (χ3n) is 2.59. The lowest BCUT2D eigenvalue weighted by atomic mass is 10.1. The SMILES string of the molecule is CCC(=O)OC.CCC(=O)OC.CCCCCCCCN. The summed E-state index contributed by atoms with van der Waals surface area (Å²) in [7, 11) is 2.76. The molecule has 0 unspecified atom stereocenters. The number of methoxy groups -OCH3 is 2. The van der Waals surface area contributed by atoms with Crippen molar-refractivity contribution in [1.29, 1.82) is 0 Å². The maximum absolute atomic E-state index is 9.96. The van der Waals surface area contributed by atoms with Crippen LogP contribution in [0.3, 0.4) is 0 Å². The molecule has 0 aromatic carbocycles. The van der Waals surface area contributed by atoms with E-state index in [1.54, 1.807) is 13.8 Å². The Morgan fingerprint density at radius 1 is 0.762 bits per heavy atom. The fraction of sp³-hybridized carbons (Fsp3) is 0.875. The minimum absolute atomic E-state index is 0.157. The summed E-state index contributed by atoms with van der Waals surface area (Å²) in [4.78, 5) is 19.9. The molecule has 0 saturated carbocycles. The van der Waals surface area contributed by atoms with Gasteiger partial charge in [-0.1, -0.05) is 52.9 Å². The van der Waals surface area contributed by atoms with Gasteiger partial charge < -0.3 is 15.2 Å². The molecule has 0 aliphatic rings. The summed E-state index contributed by atoms with van der Waals surface area (Å²) in [6.07, 6.45) is 8.99. The van der Waals surface area contributed by atoms with Crippen molar-refractivity contribution in [2.45, 2.75) is 72.1 Å². The van der Waals surface area contributed by atoms with Crippen molar-refractivity contribution in [1.82, 2.24) is 0 Å². The number of carbonyl (C=O) groups excluding carboxylic acids is 2. The molecule has 0 fully saturated rings. The van der Waals surface area contributed by atoms with Crippen LogP contribution in [0.1, 0.15) is 72.1 Å². The van der Waals surface area contributed by atoms with Gasteiger partial charge in [0.05, 0.1) is 14.2 Å². The Bertz CT molecular complexity index is 186. The number of esters is 2. The van der Waals surface area contributed by atoms with E-state index in [9.17, 15) is 9.59 Å². The first-order valence-corrected chi connectivity index (χ1v) is 7.87. The Kier molecular flexibility index (Phi) is 28.4. The van der Waals surface area contributed by atoms with E-state index in [0.717, 1.165) is 6.54 Å². The first-order chi connectivity index (χ1) is 10.0. The van der Waals surface area contributed by atoms with Gasteiger partial charge in [-0.05, 0) is 13.0 Å². The van der Waals surface area contributed by atoms with Gasteiger partial charge in [0.1, 0.15) is 0 Å². The summed E-state index contributed by atoms with van der Waals surface area (Å²) >= 11 is 0. The minimum atomic E-state index is -0.157. The molecule has 0 aromatic rings. The van der Waals surface area contributed by atoms with Crippen LogP contribution >= 0.6 is 0 Å². The predicted molar refractivity (Wildman–Crippen MR) is 87.0 cm³/mol. The summed E-state index contributed by atoms with van der Waals surface area (Å²) < 4.78 is 8.52. The Hall–Kier alpha value is -1.10. The maximum atomic E-state index is 9.96.